The number of hydrogen-bond acceptors (Lipinski definition) is 4. The molecule has 1 aromatic heterocycles. The van der Waals surface area contributed by atoms with Crippen LogP contribution < -0.4 is 10.5 Å². The van der Waals surface area contributed by atoms with E-state index in [0.717, 1.165) is 6.42 Å². The number of sulfonamides is 1. The van der Waals surface area contributed by atoms with E-state index in [1.54, 1.807) is 0 Å². The summed E-state index contributed by atoms with van der Waals surface area (Å²) in [7, 11) is -3.55. The minimum absolute atomic E-state index is 0.0654. The Balaban J connectivity index is 2.82. The lowest BCUT2D eigenvalue weighted by Gasteiger charge is -2.15. The number of rotatable bonds is 6. The number of nitrogens with one attached hydrogen (secondary N) is 2. The van der Waals surface area contributed by atoms with Crippen LogP contribution in [-0.2, 0) is 16.6 Å². The summed E-state index contributed by atoms with van der Waals surface area (Å²) in [4.78, 5) is 0. The molecule has 1 aromatic rings. The summed E-state index contributed by atoms with van der Waals surface area (Å²) in [6.45, 7) is 6.08. The summed E-state index contributed by atoms with van der Waals surface area (Å²) in [6.07, 6.45) is 2.22. The largest absolute Gasteiger partial charge is 0.326 e. The molecule has 0 radical (unpaired) electrons. The van der Waals surface area contributed by atoms with Gasteiger partial charge in [0.2, 0.25) is 0 Å². The molecule has 17 heavy (non-hydrogen) atoms. The molecule has 0 amide bonds. The summed E-state index contributed by atoms with van der Waals surface area (Å²) in [5, 5.41) is 6.24. The van der Waals surface area contributed by atoms with E-state index >= 15 is 0 Å². The maximum Gasteiger partial charge on any atom is 0.258 e. The van der Waals surface area contributed by atoms with Gasteiger partial charge in [-0.15, -0.1) is 0 Å². The number of nitrogens with zero attached hydrogens (tertiary/aromatic N) is 1. The van der Waals surface area contributed by atoms with Gasteiger partial charge in [0.15, 0.2) is 5.03 Å². The van der Waals surface area contributed by atoms with Crippen LogP contribution in [0.3, 0.4) is 0 Å². The van der Waals surface area contributed by atoms with Crippen LogP contribution in [0.5, 0.6) is 0 Å². The van der Waals surface area contributed by atoms with Gasteiger partial charge in [-0.25, -0.2) is 13.1 Å². The summed E-state index contributed by atoms with van der Waals surface area (Å²) in [6, 6.07) is -0.117. The molecule has 0 aromatic carbocycles. The Bertz CT molecular complexity index is 453. The molecule has 0 saturated carbocycles. The third-order valence-corrected chi connectivity index (χ3v) is 3.95. The fourth-order valence-electron chi connectivity index (χ4n) is 1.76. The lowest BCUT2D eigenvalue weighted by Crippen LogP contribution is -2.34. The minimum Gasteiger partial charge on any atom is -0.326 e. The number of hydrogen-bond donors (Lipinski definition) is 3. The van der Waals surface area contributed by atoms with Crippen molar-refractivity contribution in [3.63, 3.8) is 0 Å². The Kier molecular flexibility index (Phi) is 4.67. The molecule has 4 N–H and O–H groups in total. The average molecular weight is 260 g/mol. The third kappa shape index (κ3) is 3.79. The monoisotopic (exact) mass is 260 g/mol. The molecule has 7 heteroatoms. The third-order valence-electron chi connectivity index (χ3n) is 2.35. The van der Waals surface area contributed by atoms with Gasteiger partial charge in [0.1, 0.15) is 0 Å². The van der Waals surface area contributed by atoms with Crippen molar-refractivity contribution in [2.75, 3.05) is 0 Å². The fourth-order valence-corrected chi connectivity index (χ4v) is 3.15. The number of aromatic amines is 1. The van der Waals surface area contributed by atoms with Crippen LogP contribution in [0.25, 0.3) is 0 Å². The van der Waals surface area contributed by atoms with Crippen molar-refractivity contribution in [2.45, 2.75) is 44.8 Å². The van der Waals surface area contributed by atoms with Crippen LogP contribution >= 0.6 is 0 Å². The molecular weight excluding hydrogens is 240 g/mol. The first-order valence-corrected chi connectivity index (χ1v) is 7.09. The number of nitrogens with two attached hydrogens (primary N) is 1. The zero-order chi connectivity index (χ0) is 13.1. The van der Waals surface area contributed by atoms with Crippen molar-refractivity contribution in [1.29, 1.82) is 0 Å². The number of H-pyrrole nitrogens is 1. The second kappa shape index (κ2) is 5.61. The summed E-state index contributed by atoms with van der Waals surface area (Å²) < 4.78 is 26.7. The Morgan fingerprint density at radius 2 is 2.12 bits per heavy atom. The maximum absolute atomic E-state index is 12.0. The molecule has 1 unspecified atom stereocenters. The highest BCUT2D eigenvalue weighted by Crippen LogP contribution is 2.13. The topological polar surface area (TPSA) is 101 Å². The van der Waals surface area contributed by atoms with Gasteiger partial charge in [-0.3, -0.25) is 5.10 Å². The van der Waals surface area contributed by atoms with Gasteiger partial charge in [-0.2, -0.15) is 5.10 Å². The molecule has 1 atom stereocenters. The Morgan fingerprint density at radius 3 is 2.65 bits per heavy atom. The molecule has 0 aliphatic heterocycles. The number of aromatic nitrogens is 2. The van der Waals surface area contributed by atoms with Crippen molar-refractivity contribution >= 4 is 10.0 Å². The molecule has 1 heterocycles. The minimum atomic E-state index is -3.55. The van der Waals surface area contributed by atoms with Gasteiger partial charge in [-0.05, 0) is 19.3 Å². The van der Waals surface area contributed by atoms with Gasteiger partial charge >= 0.3 is 0 Å². The molecule has 98 valence electrons. The van der Waals surface area contributed by atoms with Crippen molar-refractivity contribution < 1.29 is 8.42 Å². The lowest BCUT2D eigenvalue weighted by molar-refractivity contribution is 0.481. The smallest absolute Gasteiger partial charge is 0.258 e. The van der Waals surface area contributed by atoms with Crippen LogP contribution in [0.15, 0.2) is 11.2 Å². The van der Waals surface area contributed by atoms with Crippen molar-refractivity contribution in [3.8, 4) is 0 Å². The standard InChI is InChI=1S/C10H20N4O2S/c1-7(2)4-8(3)14-17(15,16)10-9(5-11)6-12-13-10/h6-8,14H,4-5,11H2,1-3H3,(H,12,13). The van der Waals surface area contributed by atoms with Crippen molar-refractivity contribution in [1.82, 2.24) is 14.9 Å². The van der Waals surface area contributed by atoms with Crippen molar-refractivity contribution in [3.05, 3.63) is 11.8 Å². The molecule has 0 saturated heterocycles. The van der Waals surface area contributed by atoms with E-state index in [4.69, 9.17) is 5.73 Å². The Hall–Kier alpha value is -0.920. The van der Waals surface area contributed by atoms with Gasteiger partial charge < -0.3 is 5.73 Å². The average Bonchev–Trinajstić information content (AvgIpc) is 2.62. The van der Waals surface area contributed by atoms with Crippen LogP contribution in [0.2, 0.25) is 0 Å². The van der Waals surface area contributed by atoms with E-state index < -0.39 is 10.0 Å². The molecular formula is C10H20N4O2S. The molecule has 6 nitrogen and oxygen atoms in total. The van der Waals surface area contributed by atoms with Gasteiger partial charge in [0.25, 0.3) is 10.0 Å². The second-order valence-electron chi connectivity index (χ2n) is 4.58. The first kappa shape index (κ1) is 14.1. The zero-order valence-electron chi connectivity index (χ0n) is 10.4. The first-order chi connectivity index (χ1) is 7.86. The molecule has 0 spiro atoms. The van der Waals surface area contributed by atoms with Crippen LogP contribution in [-0.4, -0.2) is 24.7 Å². The van der Waals surface area contributed by atoms with Gasteiger partial charge in [0.05, 0.1) is 6.20 Å². The van der Waals surface area contributed by atoms with Gasteiger partial charge in [-0.1, -0.05) is 13.8 Å². The normalized spacial score (nSPS) is 14.2. The van der Waals surface area contributed by atoms with E-state index in [2.05, 4.69) is 14.9 Å². The highest BCUT2D eigenvalue weighted by Gasteiger charge is 2.22. The predicted molar refractivity (Wildman–Crippen MR) is 65.7 cm³/mol. The molecule has 0 aliphatic rings. The van der Waals surface area contributed by atoms with E-state index in [0.29, 0.717) is 11.5 Å². The van der Waals surface area contributed by atoms with E-state index in [9.17, 15) is 8.42 Å². The zero-order valence-corrected chi connectivity index (χ0v) is 11.2. The SMILES string of the molecule is CC(C)CC(C)NS(=O)(=O)c1[nH]ncc1CN. The quantitative estimate of drug-likeness (QED) is 0.696. The molecule has 1 rings (SSSR count). The van der Waals surface area contributed by atoms with E-state index in [-0.39, 0.29) is 17.6 Å². The second-order valence-corrected chi connectivity index (χ2v) is 6.23. The lowest BCUT2D eigenvalue weighted by atomic mass is 10.1. The van der Waals surface area contributed by atoms with Crippen LogP contribution in [0.1, 0.15) is 32.8 Å². The van der Waals surface area contributed by atoms with Crippen LogP contribution in [0, 0.1) is 5.92 Å². The van der Waals surface area contributed by atoms with Gasteiger partial charge in [0, 0.05) is 18.2 Å². The molecule has 0 fully saturated rings. The Labute approximate surface area is 102 Å². The predicted octanol–water partition coefficient (Wildman–Crippen LogP) is 0.581. The van der Waals surface area contributed by atoms with E-state index in [1.165, 1.54) is 6.20 Å². The first-order valence-electron chi connectivity index (χ1n) is 5.61. The summed E-state index contributed by atoms with van der Waals surface area (Å²) >= 11 is 0. The molecule has 0 aliphatic carbocycles. The fraction of sp³-hybridized carbons (Fsp3) is 0.700. The molecule has 0 bridgehead atoms. The van der Waals surface area contributed by atoms with Crippen molar-refractivity contribution in [2.24, 2.45) is 11.7 Å². The highest BCUT2D eigenvalue weighted by molar-refractivity contribution is 7.89. The summed E-state index contributed by atoms with van der Waals surface area (Å²) in [5.74, 6) is 0.434. The summed E-state index contributed by atoms with van der Waals surface area (Å²) in [5.41, 5.74) is 5.95. The maximum atomic E-state index is 12.0. The Morgan fingerprint density at radius 1 is 1.47 bits per heavy atom. The highest BCUT2D eigenvalue weighted by atomic mass is 32.2. The van der Waals surface area contributed by atoms with E-state index in [1.807, 2.05) is 20.8 Å². The van der Waals surface area contributed by atoms with Crippen LogP contribution in [0.4, 0.5) is 0 Å².